The van der Waals surface area contributed by atoms with Crippen LogP contribution in [-0.4, -0.2) is 11.1 Å². The highest BCUT2D eigenvalue weighted by Crippen LogP contribution is 2.35. The molecule has 2 nitrogen and oxygen atoms in total. The van der Waals surface area contributed by atoms with Crippen molar-refractivity contribution in [1.82, 2.24) is 0 Å². The first-order valence-corrected chi connectivity index (χ1v) is 5.71. The molecular formula is C12H11FO2S. The van der Waals surface area contributed by atoms with E-state index in [2.05, 4.69) is 0 Å². The molecule has 4 heteroatoms. The van der Waals surface area contributed by atoms with Gasteiger partial charge in [-0.2, -0.15) is 0 Å². The van der Waals surface area contributed by atoms with Crippen molar-refractivity contribution in [2.24, 2.45) is 0 Å². The van der Waals surface area contributed by atoms with Crippen molar-refractivity contribution >= 4 is 27.4 Å². The molecule has 0 saturated heterocycles. The highest BCUT2D eigenvalue weighted by atomic mass is 32.1. The predicted octanol–water partition coefficient (Wildman–Crippen LogP) is 3.40. The molecule has 1 aromatic heterocycles. The lowest BCUT2D eigenvalue weighted by atomic mass is 9.85. The van der Waals surface area contributed by atoms with Crippen LogP contribution in [0.2, 0.25) is 0 Å². The average Bonchev–Trinajstić information content (AvgIpc) is 2.60. The normalized spacial score (nSPS) is 11.9. The van der Waals surface area contributed by atoms with Gasteiger partial charge in [0.25, 0.3) is 0 Å². The van der Waals surface area contributed by atoms with Gasteiger partial charge in [-0.05, 0) is 42.3 Å². The molecule has 0 bridgehead atoms. The first-order valence-electron chi connectivity index (χ1n) is 4.83. The number of benzene rings is 1. The topological polar surface area (TPSA) is 37.3 Å². The van der Waals surface area contributed by atoms with Gasteiger partial charge in [-0.1, -0.05) is 6.07 Å². The van der Waals surface area contributed by atoms with Gasteiger partial charge >= 0.3 is 5.97 Å². The average molecular weight is 238 g/mol. The van der Waals surface area contributed by atoms with Crippen molar-refractivity contribution in [3.05, 3.63) is 35.0 Å². The van der Waals surface area contributed by atoms with E-state index in [1.165, 1.54) is 23.5 Å². The smallest absolute Gasteiger partial charge is 0.313 e. The van der Waals surface area contributed by atoms with Crippen LogP contribution in [0.15, 0.2) is 23.6 Å². The minimum absolute atomic E-state index is 0.297. The number of carboxylic acid groups (broad SMARTS) is 1. The minimum atomic E-state index is -0.948. The van der Waals surface area contributed by atoms with E-state index in [1.807, 2.05) is 0 Å². The van der Waals surface area contributed by atoms with E-state index in [9.17, 15) is 9.18 Å². The van der Waals surface area contributed by atoms with Crippen molar-refractivity contribution in [3.8, 4) is 0 Å². The first-order chi connectivity index (χ1) is 7.43. The Morgan fingerprint density at radius 2 is 2.12 bits per heavy atom. The van der Waals surface area contributed by atoms with Crippen LogP contribution in [0.25, 0.3) is 10.1 Å². The monoisotopic (exact) mass is 238 g/mol. The van der Waals surface area contributed by atoms with Crippen molar-refractivity contribution in [2.45, 2.75) is 19.3 Å². The number of hydrogen-bond acceptors (Lipinski definition) is 2. The fourth-order valence-corrected chi connectivity index (χ4v) is 2.75. The Labute approximate surface area is 96.3 Å². The molecule has 2 rings (SSSR count). The lowest BCUT2D eigenvalue weighted by Gasteiger charge is -2.18. The zero-order valence-corrected chi connectivity index (χ0v) is 9.77. The van der Waals surface area contributed by atoms with Gasteiger partial charge in [0, 0.05) is 4.70 Å². The standard InChI is InChI=1S/C12H11FO2S/c1-12(2,11(14)15)9-6-16-10-5-7(13)3-4-8(9)10/h3-6H,1-2H3,(H,14,15). The van der Waals surface area contributed by atoms with E-state index in [4.69, 9.17) is 5.11 Å². The van der Waals surface area contributed by atoms with E-state index in [-0.39, 0.29) is 5.82 Å². The van der Waals surface area contributed by atoms with Gasteiger partial charge in [0.15, 0.2) is 0 Å². The van der Waals surface area contributed by atoms with Crippen LogP contribution in [0.5, 0.6) is 0 Å². The first kappa shape index (κ1) is 11.1. The van der Waals surface area contributed by atoms with Gasteiger partial charge in [-0.25, -0.2) is 4.39 Å². The van der Waals surface area contributed by atoms with Gasteiger partial charge < -0.3 is 5.11 Å². The maximum absolute atomic E-state index is 13.0. The second-order valence-corrected chi connectivity index (χ2v) is 5.13. The number of fused-ring (bicyclic) bond motifs is 1. The molecule has 0 aliphatic heterocycles. The lowest BCUT2D eigenvalue weighted by molar-refractivity contribution is -0.142. The summed E-state index contributed by atoms with van der Waals surface area (Å²) in [5.74, 6) is -1.18. The number of hydrogen-bond donors (Lipinski definition) is 1. The van der Waals surface area contributed by atoms with E-state index < -0.39 is 11.4 Å². The van der Waals surface area contributed by atoms with Crippen LogP contribution >= 0.6 is 11.3 Å². The molecule has 1 aromatic carbocycles. The van der Waals surface area contributed by atoms with Gasteiger partial charge in [0.2, 0.25) is 0 Å². The summed E-state index contributed by atoms with van der Waals surface area (Å²) in [5, 5.41) is 11.8. The summed E-state index contributed by atoms with van der Waals surface area (Å²) in [4.78, 5) is 11.2. The summed E-state index contributed by atoms with van der Waals surface area (Å²) in [5.41, 5.74) is -0.212. The molecule has 0 amide bonds. The number of thiophene rings is 1. The van der Waals surface area contributed by atoms with Crippen molar-refractivity contribution in [2.75, 3.05) is 0 Å². The minimum Gasteiger partial charge on any atom is -0.481 e. The molecule has 0 spiro atoms. The Bertz CT molecular complexity index is 557. The summed E-state index contributed by atoms with van der Waals surface area (Å²) in [6.07, 6.45) is 0. The summed E-state index contributed by atoms with van der Waals surface area (Å²) in [6.45, 7) is 3.31. The van der Waals surface area contributed by atoms with Crippen LogP contribution in [-0.2, 0) is 10.2 Å². The van der Waals surface area contributed by atoms with Crippen molar-refractivity contribution in [1.29, 1.82) is 0 Å². The number of aliphatic carboxylic acids is 1. The third-order valence-electron chi connectivity index (χ3n) is 2.75. The second kappa shape index (κ2) is 3.56. The van der Waals surface area contributed by atoms with E-state index >= 15 is 0 Å². The Hall–Kier alpha value is -1.42. The largest absolute Gasteiger partial charge is 0.481 e. The molecular weight excluding hydrogens is 227 g/mol. The SMILES string of the molecule is CC(C)(C(=O)O)c1csc2cc(F)ccc12. The van der Waals surface area contributed by atoms with Gasteiger partial charge in [-0.15, -0.1) is 11.3 Å². The summed E-state index contributed by atoms with van der Waals surface area (Å²) in [6, 6.07) is 4.43. The highest BCUT2D eigenvalue weighted by Gasteiger charge is 2.31. The summed E-state index contributed by atoms with van der Waals surface area (Å²) >= 11 is 1.37. The molecule has 0 saturated carbocycles. The summed E-state index contributed by atoms with van der Waals surface area (Å²) < 4.78 is 13.8. The molecule has 0 unspecified atom stereocenters. The Morgan fingerprint density at radius 3 is 2.75 bits per heavy atom. The molecule has 84 valence electrons. The Balaban J connectivity index is 2.67. The third-order valence-corrected chi connectivity index (χ3v) is 3.69. The number of rotatable bonds is 2. The number of carboxylic acids is 1. The maximum atomic E-state index is 13.0. The van der Waals surface area contributed by atoms with Crippen LogP contribution < -0.4 is 0 Å². The molecule has 16 heavy (non-hydrogen) atoms. The molecule has 0 atom stereocenters. The lowest BCUT2D eigenvalue weighted by Crippen LogP contribution is -2.28. The quantitative estimate of drug-likeness (QED) is 0.870. The van der Waals surface area contributed by atoms with Gasteiger partial charge in [-0.3, -0.25) is 4.79 Å². The van der Waals surface area contributed by atoms with Crippen LogP contribution in [0, 0.1) is 5.82 Å². The van der Waals surface area contributed by atoms with Gasteiger partial charge in [0.05, 0.1) is 5.41 Å². The number of halogens is 1. The highest BCUT2D eigenvalue weighted by molar-refractivity contribution is 7.17. The zero-order valence-electron chi connectivity index (χ0n) is 8.95. The Morgan fingerprint density at radius 1 is 1.44 bits per heavy atom. The van der Waals surface area contributed by atoms with Crippen molar-refractivity contribution < 1.29 is 14.3 Å². The fraction of sp³-hybridized carbons (Fsp3) is 0.250. The van der Waals surface area contributed by atoms with E-state index in [1.54, 1.807) is 25.3 Å². The molecule has 1 heterocycles. The Kier molecular flexibility index (Phi) is 2.46. The second-order valence-electron chi connectivity index (χ2n) is 4.22. The third kappa shape index (κ3) is 1.59. The van der Waals surface area contributed by atoms with E-state index in [0.717, 1.165) is 15.6 Å². The zero-order chi connectivity index (χ0) is 11.9. The van der Waals surface area contributed by atoms with Crippen LogP contribution in [0.4, 0.5) is 4.39 Å². The van der Waals surface area contributed by atoms with E-state index in [0.29, 0.717) is 0 Å². The molecule has 0 aliphatic rings. The summed E-state index contributed by atoms with van der Waals surface area (Å²) in [7, 11) is 0. The maximum Gasteiger partial charge on any atom is 0.313 e. The van der Waals surface area contributed by atoms with Crippen LogP contribution in [0.3, 0.4) is 0 Å². The van der Waals surface area contributed by atoms with Crippen LogP contribution in [0.1, 0.15) is 19.4 Å². The molecule has 0 fully saturated rings. The molecule has 0 radical (unpaired) electrons. The molecule has 0 aliphatic carbocycles. The predicted molar refractivity (Wildman–Crippen MR) is 62.4 cm³/mol. The fourth-order valence-electron chi connectivity index (χ4n) is 1.60. The molecule has 2 aromatic rings. The number of carbonyl (C=O) groups is 1. The van der Waals surface area contributed by atoms with Crippen molar-refractivity contribution in [3.63, 3.8) is 0 Å². The molecule has 1 N–H and O–H groups in total. The van der Waals surface area contributed by atoms with Gasteiger partial charge in [0.1, 0.15) is 5.82 Å².